The number of phenolic OH excluding ortho intramolecular Hbond substituents is 1. The number of phenols is 1. The molecule has 0 aliphatic heterocycles. The van der Waals surface area contributed by atoms with E-state index in [0.29, 0.717) is 11.8 Å². The molecule has 2 nitrogen and oxygen atoms in total. The minimum atomic E-state index is 0.351. The smallest absolute Gasteiger partial charge is 0.115 e. The number of benzene rings is 1. The molecule has 0 bridgehead atoms. The van der Waals surface area contributed by atoms with E-state index in [-0.39, 0.29) is 0 Å². The van der Waals surface area contributed by atoms with Crippen LogP contribution in [0, 0.1) is 5.92 Å². The molecule has 0 saturated heterocycles. The molecule has 1 aromatic carbocycles. The molecule has 2 heteroatoms. The van der Waals surface area contributed by atoms with E-state index in [0.717, 1.165) is 18.9 Å². The van der Waals surface area contributed by atoms with E-state index in [1.54, 1.807) is 12.1 Å². The summed E-state index contributed by atoms with van der Waals surface area (Å²) < 4.78 is 0. The maximum Gasteiger partial charge on any atom is 0.115 e. The van der Waals surface area contributed by atoms with E-state index in [2.05, 4.69) is 12.2 Å². The standard InChI is InChI=1S/C16H25NO/c1-13-3-2-4-15(8-5-13)17-12-11-14-6-9-16(18)10-7-14/h6-7,9-10,13,15,17-18H,2-5,8,11-12H2,1H3. The van der Waals surface area contributed by atoms with Crippen LogP contribution in [0.4, 0.5) is 0 Å². The molecule has 0 radical (unpaired) electrons. The summed E-state index contributed by atoms with van der Waals surface area (Å²) in [6.45, 7) is 3.42. The second kappa shape index (κ2) is 6.79. The van der Waals surface area contributed by atoms with E-state index in [9.17, 15) is 5.11 Å². The van der Waals surface area contributed by atoms with E-state index in [4.69, 9.17) is 0 Å². The average Bonchev–Trinajstić information content (AvgIpc) is 2.57. The molecule has 2 N–H and O–H groups in total. The second-order valence-electron chi connectivity index (χ2n) is 5.68. The Kier molecular flexibility index (Phi) is 5.06. The third kappa shape index (κ3) is 4.34. The average molecular weight is 247 g/mol. The Balaban J connectivity index is 1.70. The Morgan fingerprint density at radius 1 is 1.11 bits per heavy atom. The molecule has 2 unspecified atom stereocenters. The molecular weight excluding hydrogens is 222 g/mol. The molecule has 0 amide bonds. The molecule has 0 spiro atoms. The largest absolute Gasteiger partial charge is 0.508 e. The molecule has 1 aliphatic carbocycles. The van der Waals surface area contributed by atoms with Crippen molar-refractivity contribution in [1.29, 1.82) is 0 Å². The maximum atomic E-state index is 9.23. The summed E-state index contributed by atoms with van der Waals surface area (Å²) in [4.78, 5) is 0. The molecule has 100 valence electrons. The van der Waals surface area contributed by atoms with Crippen LogP contribution in [0.3, 0.4) is 0 Å². The van der Waals surface area contributed by atoms with Crippen LogP contribution in [0.25, 0.3) is 0 Å². The topological polar surface area (TPSA) is 32.3 Å². The van der Waals surface area contributed by atoms with E-state index >= 15 is 0 Å². The first-order chi connectivity index (χ1) is 8.74. The van der Waals surface area contributed by atoms with Crippen molar-refractivity contribution >= 4 is 0 Å². The Morgan fingerprint density at radius 3 is 2.67 bits per heavy atom. The monoisotopic (exact) mass is 247 g/mol. The van der Waals surface area contributed by atoms with Gasteiger partial charge in [0.25, 0.3) is 0 Å². The van der Waals surface area contributed by atoms with Crippen molar-refractivity contribution < 1.29 is 5.11 Å². The summed E-state index contributed by atoms with van der Waals surface area (Å²) in [7, 11) is 0. The molecule has 1 fully saturated rings. The molecular formula is C16H25NO. The van der Waals surface area contributed by atoms with Gasteiger partial charge in [0.1, 0.15) is 5.75 Å². The van der Waals surface area contributed by atoms with Crippen LogP contribution >= 0.6 is 0 Å². The van der Waals surface area contributed by atoms with Crippen molar-refractivity contribution in [3.8, 4) is 5.75 Å². The first-order valence-corrected chi connectivity index (χ1v) is 7.25. The maximum absolute atomic E-state index is 9.23. The van der Waals surface area contributed by atoms with Gasteiger partial charge in [0.15, 0.2) is 0 Å². The van der Waals surface area contributed by atoms with Gasteiger partial charge >= 0.3 is 0 Å². The number of hydrogen-bond acceptors (Lipinski definition) is 2. The van der Waals surface area contributed by atoms with Gasteiger partial charge in [-0.15, -0.1) is 0 Å². The fourth-order valence-electron chi connectivity index (χ4n) is 2.77. The van der Waals surface area contributed by atoms with Gasteiger partial charge in [-0.2, -0.15) is 0 Å². The third-order valence-electron chi connectivity index (χ3n) is 4.04. The van der Waals surface area contributed by atoms with E-state index in [1.165, 1.54) is 37.7 Å². The highest BCUT2D eigenvalue weighted by molar-refractivity contribution is 5.25. The molecule has 2 rings (SSSR count). The van der Waals surface area contributed by atoms with Gasteiger partial charge in [0, 0.05) is 6.04 Å². The van der Waals surface area contributed by atoms with Crippen molar-refractivity contribution in [2.24, 2.45) is 5.92 Å². The lowest BCUT2D eigenvalue weighted by Gasteiger charge is -2.16. The van der Waals surface area contributed by atoms with Gasteiger partial charge in [0.05, 0.1) is 0 Å². The highest BCUT2D eigenvalue weighted by atomic mass is 16.3. The Labute approximate surface area is 110 Å². The third-order valence-corrected chi connectivity index (χ3v) is 4.04. The first kappa shape index (κ1) is 13.4. The van der Waals surface area contributed by atoms with Gasteiger partial charge in [-0.3, -0.25) is 0 Å². The first-order valence-electron chi connectivity index (χ1n) is 7.25. The van der Waals surface area contributed by atoms with Gasteiger partial charge in [-0.05, 0) is 55.8 Å². The van der Waals surface area contributed by atoms with Crippen molar-refractivity contribution in [2.75, 3.05) is 6.54 Å². The van der Waals surface area contributed by atoms with Crippen molar-refractivity contribution in [3.63, 3.8) is 0 Å². The zero-order valence-electron chi connectivity index (χ0n) is 11.4. The molecule has 1 saturated carbocycles. The van der Waals surface area contributed by atoms with Crippen LogP contribution < -0.4 is 5.32 Å². The van der Waals surface area contributed by atoms with Gasteiger partial charge in [-0.25, -0.2) is 0 Å². The summed E-state index contributed by atoms with van der Waals surface area (Å²) in [5, 5.41) is 12.9. The predicted octanol–water partition coefficient (Wildman–Crippen LogP) is 3.49. The predicted molar refractivity (Wildman–Crippen MR) is 75.9 cm³/mol. The highest BCUT2D eigenvalue weighted by Crippen LogP contribution is 2.22. The molecule has 18 heavy (non-hydrogen) atoms. The lowest BCUT2D eigenvalue weighted by Crippen LogP contribution is -2.30. The number of aromatic hydroxyl groups is 1. The molecule has 1 aliphatic rings. The molecule has 2 atom stereocenters. The van der Waals surface area contributed by atoms with Gasteiger partial charge in [0.2, 0.25) is 0 Å². The molecule has 0 heterocycles. The summed E-state index contributed by atoms with van der Waals surface area (Å²) in [6, 6.07) is 8.26. The SMILES string of the molecule is CC1CCCC(NCCc2ccc(O)cc2)CC1. The zero-order valence-corrected chi connectivity index (χ0v) is 11.4. The van der Waals surface area contributed by atoms with Crippen molar-refractivity contribution in [3.05, 3.63) is 29.8 Å². The lowest BCUT2D eigenvalue weighted by atomic mass is 10.0. The van der Waals surface area contributed by atoms with Crippen molar-refractivity contribution in [1.82, 2.24) is 5.32 Å². The van der Waals surface area contributed by atoms with E-state index in [1.807, 2.05) is 12.1 Å². The summed E-state index contributed by atoms with van der Waals surface area (Å²) in [5.74, 6) is 1.26. The second-order valence-corrected chi connectivity index (χ2v) is 5.68. The quantitative estimate of drug-likeness (QED) is 0.798. The lowest BCUT2D eigenvalue weighted by molar-refractivity contribution is 0.450. The van der Waals surface area contributed by atoms with Crippen LogP contribution in [0.15, 0.2) is 24.3 Å². The Hall–Kier alpha value is -1.02. The minimum absolute atomic E-state index is 0.351. The van der Waals surface area contributed by atoms with Crippen molar-refractivity contribution in [2.45, 2.75) is 51.5 Å². The summed E-state index contributed by atoms with van der Waals surface area (Å²) in [6.07, 6.45) is 7.86. The fourth-order valence-corrected chi connectivity index (χ4v) is 2.77. The fraction of sp³-hybridized carbons (Fsp3) is 0.625. The minimum Gasteiger partial charge on any atom is -0.508 e. The van der Waals surface area contributed by atoms with Crippen LogP contribution in [0.2, 0.25) is 0 Å². The van der Waals surface area contributed by atoms with Crippen LogP contribution in [-0.4, -0.2) is 17.7 Å². The van der Waals surface area contributed by atoms with E-state index < -0.39 is 0 Å². The number of rotatable bonds is 4. The van der Waals surface area contributed by atoms with Gasteiger partial charge < -0.3 is 10.4 Å². The number of hydrogen-bond donors (Lipinski definition) is 2. The summed E-state index contributed by atoms with van der Waals surface area (Å²) in [5.41, 5.74) is 1.29. The highest BCUT2D eigenvalue weighted by Gasteiger charge is 2.15. The Bertz CT molecular complexity index is 347. The normalized spacial score (nSPS) is 24.7. The molecule has 0 aromatic heterocycles. The zero-order chi connectivity index (χ0) is 12.8. The van der Waals surface area contributed by atoms with Gasteiger partial charge in [-0.1, -0.05) is 31.9 Å². The summed E-state index contributed by atoms with van der Waals surface area (Å²) >= 11 is 0. The van der Waals surface area contributed by atoms with Crippen LogP contribution in [0.5, 0.6) is 5.75 Å². The van der Waals surface area contributed by atoms with Crippen LogP contribution in [0.1, 0.15) is 44.6 Å². The Morgan fingerprint density at radius 2 is 1.89 bits per heavy atom. The molecule has 1 aromatic rings. The number of nitrogens with one attached hydrogen (secondary N) is 1. The van der Waals surface area contributed by atoms with Crippen LogP contribution in [-0.2, 0) is 6.42 Å².